The second-order valence-corrected chi connectivity index (χ2v) is 3.25. The highest BCUT2D eigenvalue weighted by Crippen LogP contribution is 2.06. The Hall–Kier alpha value is -1.31. The van der Waals surface area contributed by atoms with E-state index < -0.39 is 0 Å². The summed E-state index contributed by atoms with van der Waals surface area (Å²) in [5.41, 5.74) is 2.01. The second-order valence-electron chi connectivity index (χ2n) is 3.25. The Morgan fingerprint density at radius 2 is 1.77 bits per heavy atom. The van der Waals surface area contributed by atoms with Gasteiger partial charge in [-0.3, -0.25) is 4.79 Å². The zero-order valence-corrected chi connectivity index (χ0v) is 8.37. The Morgan fingerprint density at radius 1 is 1.23 bits per heavy atom. The first-order valence-electron chi connectivity index (χ1n) is 4.45. The number of hydrogen-bond acceptors (Lipinski definition) is 1. The monoisotopic (exact) mass is 177 g/mol. The molecule has 13 heavy (non-hydrogen) atoms. The van der Waals surface area contributed by atoms with Crippen molar-refractivity contribution in [3.63, 3.8) is 0 Å². The molecular formula is C11H15NO. The standard InChI is InChI=1S/C11H15NO/c1-4-9-5-7-10(8-6-9)11(13)12(2)3/h5-8H,4H2,1-3H3. The zero-order valence-electron chi connectivity index (χ0n) is 8.37. The van der Waals surface area contributed by atoms with Gasteiger partial charge >= 0.3 is 0 Å². The number of carbonyl (C=O) groups is 1. The fourth-order valence-electron chi connectivity index (χ4n) is 1.14. The Labute approximate surface area is 79.2 Å². The molecule has 0 N–H and O–H groups in total. The molecule has 0 saturated heterocycles. The van der Waals surface area contributed by atoms with Crippen molar-refractivity contribution >= 4 is 5.91 Å². The molecule has 1 aromatic rings. The van der Waals surface area contributed by atoms with E-state index in [4.69, 9.17) is 0 Å². The zero-order chi connectivity index (χ0) is 9.84. The van der Waals surface area contributed by atoms with Crippen LogP contribution in [0.3, 0.4) is 0 Å². The van der Waals surface area contributed by atoms with Crippen LogP contribution in [0.4, 0.5) is 0 Å². The van der Waals surface area contributed by atoms with Crippen molar-refractivity contribution < 1.29 is 4.79 Å². The van der Waals surface area contributed by atoms with Gasteiger partial charge in [0, 0.05) is 19.7 Å². The largest absolute Gasteiger partial charge is 0.345 e. The van der Waals surface area contributed by atoms with Gasteiger partial charge in [-0.1, -0.05) is 19.1 Å². The molecule has 0 radical (unpaired) electrons. The predicted molar refractivity (Wildman–Crippen MR) is 53.8 cm³/mol. The van der Waals surface area contributed by atoms with Crippen LogP contribution in [0, 0.1) is 0 Å². The summed E-state index contributed by atoms with van der Waals surface area (Å²) in [5, 5.41) is 0. The first-order valence-corrected chi connectivity index (χ1v) is 4.45. The molecule has 0 aliphatic rings. The van der Waals surface area contributed by atoms with Gasteiger partial charge in [-0.15, -0.1) is 0 Å². The lowest BCUT2D eigenvalue weighted by Gasteiger charge is -2.10. The van der Waals surface area contributed by atoms with Gasteiger partial charge in [0.1, 0.15) is 0 Å². The molecule has 0 heterocycles. The molecule has 70 valence electrons. The van der Waals surface area contributed by atoms with Crippen LogP contribution < -0.4 is 0 Å². The van der Waals surface area contributed by atoms with Crippen LogP contribution in [-0.2, 0) is 6.42 Å². The number of carbonyl (C=O) groups excluding carboxylic acids is 1. The number of amides is 1. The summed E-state index contributed by atoms with van der Waals surface area (Å²) in [5.74, 6) is 0.0580. The van der Waals surface area contributed by atoms with Gasteiger partial charge in [0.15, 0.2) is 0 Å². The van der Waals surface area contributed by atoms with Gasteiger partial charge in [0.25, 0.3) is 5.91 Å². The minimum Gasteiger partial charge on any atom is -0.345 e. The van der Waals surface area contributed by atoms with Crippen LogP contribution >= 0.6 is 0 Å². The molecule has 0 unspecified atom stereocenters. The lowest BCUT2D eigenvalue weighted by molar-refractivity contribution is 0.0827. The summed E-state index contributed by atoms with van der Waals surface area (Å²) < 4.78 is 0. The lowest BCUT2D eigenvalue weighted by atomic mass is 10.1. The predicted octanol–water partition coefficient (Wildman–Crippen LogP) is 1.95. The molecule has 2 nitrogen and oxygen atoms in total. The molecule has 0 spiro atoms. The number of aryl methyl sites for hydroxylation is 1. The van der Waals surface area contributed by atoms with Crippen LogP contribution in [0.5, 0.6) is 0 Å². The lowest BCUT2D eigenvalue weighted by Crippen LogP contribution is -2.21. The van der Waals surface area contributed by atoms with Gasteiger partial charge in [-0.2, -0.15) is 0 Å². The molecular weight excluding hydrogens is 162 g/mol. The summed E-state index contributed by atoms with van der Waals surface area (Å²) in [4.78, 5) is 13.1. The van der Waals surface area contributed by atoms with Crippen LogP contribution in [0.1, 0.15) is 22.8 Å². The minimum absolute atomic E-state index is 0.0580. The van der Waals surface area contributed by atoms with E-state index in [1.54, 1.807) is 19.0 Å². The number of benzene rings is 1. The summed E-state index contributed by atoms with van der Waals surface area (Å²) in [7, 11) is 3.52. The Balaban J connectivity index is 2.86. The van der Waals surface area contributed by atoms with E-state index >= 15 is 0 Å². The van der Waals surface area contributed by atoms with Gasteiger partial charge in [-0.25, -0.2) is 0 Å². The average molecular weight is 177 g/mol. The minimum atomic E-state index is 0.0580. The van der Waals surface area contributed by atoms with E-state index in [9.17, 15) is 4.79 Å². The smallest absolute Gasteiger partial charge is 0.253 e. The third-order valence-electron chi connectivity index (χ3n) is 2.02. The van der Waals surface area contributed by atoms with E-state index in [2.05, 4.69) is 6.92 Å². The highest BCUT2D eigenvalue weighted by molar-refractivity contribution is 5.93. The van der Waals surface area contributed by atoms with Crippen molar-refractivity contribution in [3.8, 4) is 0 Å². The third kappa shape index (κ3) is 2.31. The number of rotatable bonds is 2. The summed E-state index contributed by atoms with van der Waals surface area (Å²) in [6, 6.07) is 7.75. The molecule has 0 saturated carbocycles. The molecule has 2 heteroatoms. The summed E-state index contributed by atoms with van der Waals surface area (Å²) in [6.07, 6.45) is 1.01. The van der Waals surface area contributed by atoms with Crippen molar-refractivity contribution in [2.24, 2.45) is 0 Å². The van der Waals surface area contributed by atoms with Crippen molar-refractivity contribution in [2.75, 3.05) is 14.1 Å². The van der Waals surface area contributed by atoms with Crippen molar-refractivity contribution in [1.29, 1.82) is 0 Å². The SMILES string of the molecule is CCc1ccc(C(=O)N(C)C)cc1. The van der Waals surface area contributed by atoms with E-state index in [0.29, 0.717) is 0 Å². The summed E-state index contributed by atoms with van der Waals surface area (Å²) >= 11 is 0. The molecule has 0 bridgehead atoms. The van der Waals surface area contributed by atoms with Crippen molar-refractivity contribution in [3.05, 3.63) is 35.4 Å². The van der Waals surface area contributed by atoms with Gasteiger partial charge in [0.2, 0.25) is 0 Å². The van der Waals surface area contributed by atoms with Crippen LogP contribution in [0.2, 0.25) is 0 Å². The fourth-order valence-corrected chi connectivity index (χ4v) is 1.14. The van der Waals surface area contributed by atoms with E-state index in [-0.39, 0.29) is 5.91 Å². The van der Waals surface area contributed by atoms with Gasteiger partial charge in [0.05, 0.1) is 0 Å². The molecule has 0 aromatic heterocycles. The van der Waals surface area contributed by atoms with Gasteiger partial charge in [-0.05, 0) is 24.1 Å². The Bertz CT molecular complexity index is 287. The Morgan fingerprint density at radius 3 is 2.15 bits per heavy atom. The molecule has 0 aliphatic heterocycles. The molecule has 1 amide bonds. The van der Waals surface area contributed by atoms with Crippen LogP contribution in [0.25, 0.3) is 0 Å². The first kappa shape index (κ1) is 9.78. The summed E-state index contributed by atoms with van der Waals surface area (Å²) in [6.45, 7) is 2.10. The highest BCUT2D eigenvalue weighted by Gasteiger charge is 2.06. The van der Waals surface area contributed by atoms with Crippen LogP contribution in [-0.4, -0.2) is 24.9 Å². The molecule has 0 fully saturated rings. The van der Waals surface area contributed by atoms with E-state index in [1.807, 2.05) is 24.3 Å². The average Bonchev–Trinajstić information content (AvgIpc) is 2.17. The maximum absolute atomic E-state index is 11.5. The fraction of sp³-hybridized carbons (Fsp3) is 0.364. The van der Waals surface area contributed by atoms with Crippen molar-refractivity contribution in [2.45, 2.75) is 13.3 Å². The van der Waals surface area contributed by atoms with E-state index in [0.717, 1.165) is 12.0 Å². The Kier molecular flexibility index (Phi) is 3.07. The maximum atomic E-state index is 11.5. The normalized spacial score (nSPS) is 9.77. The quantitative estimate of drug-likeness (QED) is 0.676. The van der Waals surface area contributed by atoms with Gasteiger partial charge < -0.3 is 4.90 Å². The molecule has 1 rings (SSSR count). The number of nitrogens with zero attached hydrogens (tertiary/aromatic N) is 1. The molecule has 1 aromatic carbocycles. The maximum Gasteiger partial charge on any atom is 0.253 e. The van der Waals surface area contributed by atoms with Crippen molar-refractivity contribution in [1.82, 2.24) is 4.90 Å². The van der Waals surface area contributed by atoms with Crippen LogP contribution in [0.15, 0.2) is 24.3 Å². The third-order valence-corrected chi connectivity index (χ3v) is 2.02. The second kappa shape index (κ2) is 4.08. The number of hydrogen-bond donors (Lipinski definition) is 0. The highest BCUT2D eigenvalue weighted by atomic mass is 16.2. The molecule has 0 atom stereocenters. The first-order chi connectivity index (χ1) is 6.15. The topological polar surface area (TPSA) is 20.3 Å². The van der Waals surface area contributed by atoms with E-state index in [1.165, 1.54) is 5.56 Å². The molecule has 0 aliphatic carbocycles.